The summed E-state index contributed by atoms with van der Waals surface area (Å²) >= 11 is 0. The van der Waals surface area contributed by atoms with Crippen molar-refractivity contribution in [3.63, 3.8) is 0 Å². The Morgan fingerprint density at radius 1 is 0.900 bits per heavy atom. The number of benzene rings is 2. The molecule has 0 unspecified atom stereocenters. The van der Waals surface area contributed by atoms with Gasteiger partial charge in [-0.15, -0.1) is 0 Å². The van der Waals surface area contributed by atoms with Crippen LogP contribution in [0.3, 0.4) is 0 Å². The van der Waals surface area contributed by atoms with Gasteiger partial charge in [0.25, 0.3) is 5.56 Å². The fourth-order valence-corrected chi connectivity index (χ4v) is 3.58. The molecule has 0 atom stereocenters. The summed E-state index contributed by atoms with van der Waals surface area (Å²) in [5.74, 6) is 0.544. The lowest BCUT2D eigenvalue weighted by Crippen LogP contribution is -2.25. The summed E-state index contributed by atoms with van der Waals surface area (Å²) in [6.45, 7) is 3.96. The van der Waals surface area contributed by atoms with E-state index in [0.29, 0.717) is 6.61 Å². The van der Waals surface area contributed by atoms with Crippen LogP contribution in [-0.4, -0.2) is 35.7 Å². The molecule has 1 saturated heterocycles. The maximum atomic E-state index is 13.0. The molecule has 0 radical (unpaired) electrons. The van der Waals surface area contributed by atoms with Gasteiger partial charge in [-0.3, -0.25) is 14.3 Å². The minimum absolute atomic E-state index is 0.112. The van der Waals surface area contributed by atoms with Crippen molar-refractivity contribution in [2.75, 3.05) is 26.2 Å². The molecule has 0 spiro atoms. The molecule has 4 rings (SSSR count). The highest BCUT2D eigenvalue weighted by Crippen LogP contribution is 2.16. The largest absolute Gasteiger partial charge is 0.492 e. The second-order valence-electron chi connectivity index (χ2n) is 7.44. The Morgan fingerprint density at radius 2 is 1.60 bits per heavy atom. The van der Waals surface area contributed by atoms with Gasteiger partial charge in [-0.2, -0.15) is 0 Å². The van der Waals surface area contributed by atoms with Gasteiger partial charge in [0, 0.05) is 24.5 Å². The van der Waals surface area contributed by atoms with Gasteiger partial charge in [0.1, 0.15) is 18.2 Å². The number of hydrogen-bond acceptors (Lipinski definition) is 3. The van der Waals surface area contributed by atoms with Crippen LogP contribution in [0.25, 0.3) is 17.8 Å². The van der Waals surface area contributed by atoms with Crippen LogP contribution in [0.2, 0.25) is 0 Å². The maximum absolute atomic E-state index is 13.0. The smallest absolute Gasteiger partial charge is 0.255 e. The molecule has 154 valence electrons. The third kappa shape index (κ3) is 5.24. The number of aromatic nitrogens is 1. The molecule has 4 nitrogen and oxygen atoms in total. The van der Waals surface area contributed by atoms with E-state index in [-0.39, 0.29) is 11.4 Å². The predicted octanol–water partition coefficient (Wildman–Crippen LogP) is 4.62. The van der Waals surface area contributed by atoms with E-state index >= 15 is 0 Å². The van der Waals surface area contributed by atoms with Gasteiger partial charge in [0.15, 0.2) is 0 Å². The third-order valence-electron chi connectivity index (χ3n) is 5.27. The van der Waals surface area contributed by atoms with E-state index in [9.17, 15) is 9.18 Å². The summed E-state index contributed by atoms with van der Waals surface area (Å²) in [7, 11) is 0. The van der Waals surface area contributed by atoms with Crippen molar-refractivity contribution in [3.05, 3.63) is 94.2 Å². The Hall–Kier alpha value is -3.18. The number of hydrogen-bond donors (Lipinski definition) is 0. The summed E-state index contributed by atoms with van der Waals surface area (Å²) in [6, 6.07) is 17.3. The van der Waals surface area contributed by atoms with Gasteiger partial charge < -0.3 is 4.74 Å². The minimum Gasteiger partial charge on any atom is -0.492 e. The average Bonchev–Trinajstić information content (AvgIpc) is 3.28. The highest BCUT2D eigenvalue weighted by Gasteiger charge is 2.10. The van der Waals surface area contributed by atoms with Crippen LogP contribution in [0, 0.1) is 5.82 Å². The standard InChI is InChI=1S/C25H25FN2O2/c26-22-7-5-20(6-8-22)3-4-21-13-16-28(25(29)19-21)23-9-11-24(12-10-23)30-18-17-27-14-1-2-15-27/h3-13,16,19H,1-2,14-15,17-18H2. The Labute approximate surface area is 175 Å². The van der Waals surface area contributed by atoms with Crippen LogP contribution in [0.1, 0.15) is 24.0 Å². The molecule has 0 aliphatic carbocycles. The van der Waals surface area contributed by atoms with E-state index in [1.165, 1.54) is 38.1 Å². The maximum Gasteiger partial charge on any atom is 0.255 e. The first kappa shape index (κ1) is 20.1. The molecule has 2 heterocycles. The lowest BCUT2D eigenvalue weighted by atomic mass is 10.1. The first-order chi connectivity index (χ1) is 14.7. The highest BCUT2D eigenvalue weighted by molar-refractivity contribution is 5.69. The van der Waals surface area contributed by atoms with Crippen molar-refractivity contribution in [3.8, 4) is 11.4 Å². The SMILES string of the molecule is O=c1cc(C=Cc2ccc(F)cc2)ccn1-c1ccc(OCCN2CCCC2)cc1. The summed E-state index contributed by atoms with van der Waals surface area (Å²) in [5, 5.41) is 0. The summed E-state index contributed by atoms with van der Waals surface area (Å²) in [4.78, 5) is 15.0. The molecular formula is C25H25FN2O2. The quantitative estimate of drug-likeness (QED) is 0.576. The van der Waals surface area contributed by atoms with Gasteiger partial charge >= 0.3 is 0 Å². The summed E-state index contributed by atoms with van der Waals surface area (Å²) in [6.07, 6.45) is 8.02. The first-order valence-electron chi connectivity index (χ1n) is 10.3. The molecule has 1 fully saturated rings. The topological polar surface area (TPSA) is 34.5 Å². The van der Waals surface area contributed by atoms with Crippen molar-refractivity contribution >= 4 is 12.2 Å². The highest BCUT2D eigenvalue weighted by atomic mass is 19.1. The average molecular weight is 404 g/mol. The fourth-order valence-electron chi connectivity index (χ4n) is 3.58. The van der Waals surface area contributed by atoms with Crippen molar-refractivity contribution in [2.24, 2.45) is 0 Å². The second-order valence-corrected chi connectivity index (χ2v) is 7.44. The van der Waals surface area contributed by atoms with Gasteiger partial charge in [0.05, 0.1) is 0 Å². The molecule has 0 amide bonds. The zero-order chi connectivity index (χ0) is 20.8. The zero-order valence-electron chi connectivity index (χ0n) is 16.8. The fraction of sp³-hybridized carbons (Fsp3) is 0.240. The number of nitrogens with zero attached hydrogens (tertiary/aromatic N) is 2. The molecule has 3 aromatic rings. The summed E-state index contributed by atoms with van der Waals surface area (Å²) < 4.78 is 20.4. The third-order valence-corrected chi connectivity index (χ3v) is 5.27. The van der Waals surface area contributed by atoms with Gasteiger partial charge in [-0.1, -0.05) is 24.3 Å². The number of halogens is 1. The summed E-state index contributed by atoms with van der Waals surface area (Å²) in [5.41, 5.74) is 2.35. The van der Waals surface area contributed by atoms with E-state index in [0.717, 1.165) is 29.1 Å². The molecule has 2 aromatic carbocycles. The van der Waals surface area contributed by atoms with Crippen molar-refractivity contribution in [1.29, 1.82) is 0 Å². The van der Waals surface area contributed by atoms with E-state index in [1.54, 1.807) is 29.0 Å². The van der Waals surface area contributed by atoms with Crippen LogP contribution in [0.15, 0.2) is 71.7 Å². The molecule has 30 heavy (non-hydrogen) atoms. The van der Waals surface area contributed by atoms with Crippen LogP contribution in [0.4, 0.5) is 4.39 Å². The molecule has 0 N–H and O–H groups in total. The van der Waals surface area contributed by atoms with Crippen LogP contribution >= 0.6 is 0 Å². The number of ether oxygens (including phenoxy) is 1. The van der Waals surface area contributed by atoms with Crippen LogP contribution < -0.4 is 10.3 Å². The zero-order valence-corrected chi connectivity index (χ0v) is 16.8. The molecule has 0 bridgehead atoms. The van der Waals surface area contributed by atoms with E-state index in [1.807, 2.05) is 42.5 Å². The van der Waals surface area contributed by atoms with Crippen LogP contribution in [0.5, 0.6) is 5.75 Å². The van der Waals surface area contributed by atoms with E-state index in [4.69, 9.17) is 4.74 Å². The number of pyridine rings is 1. The Bertz CT molecular complexity index is 1050. The monoisotopic (exact) mass is 404 g/mol. The van der Waals surface area contributed by atoms with Gasteiger partial charge in [-0.05, 0) is 79.5 Å². The Balaban J connectivity index is 1.38. The van der Waals surface area contributed by atoms with Gasteiger partial charge in [-0.25, -0.2) is 4.39 Å². The molecule has 1 aliphatic heterocycles. The second kappa shape index (κ2) is 9.55. The minimum atomic E-state index is -0.266. The molecule has 1 aromatic heterocycles. The molecule has 0 saturated carbocycles. The number of likely N-dealkylation sites (tertiary alicyclic amines) is 1. The van der Waals surface area contributed by atoms with Crippen molar-refractivity contribution in [2.45, 2.75) is 12.8 Å². The number of rotatable bonds is 7. The van der Waals surface area contributed by atoms with Crippen molar-refractivity contribution in [1.82, 2.24) is 9.47 Å². The molecule has 1 aliphatic rings. The van der Waals surface area contributed by atoms with Gasteiger partial charge in [0.2, 0.25) is 0 Å². The van der Waals surface area contributed by atoms with E-state index < -0.39 is 0 Å². The predicted molar refractivity (Wildman–Crippen MR) is 119 cm³/mol. The first-order valence-corrected chi connectivity index (χ1v) is 10.3. The molecular weight excluding hydrogens is 379 g/mol. The molecule has 5 heteroatoms. The van der Waals surface area contributed by atoms with Crippen LogP contribution in [-0.2, 0) is 0 Å². The Morgan fingerprint density at radius 3 is 2.30 bits per heavy atom. The lowest BCUT2D eigenvalue weighted by molar-refractivity contribution is 0.238. The van der Waals surface area contributed by atoms with Crippen molar-refractivity contribution < 1.29 is 9.13 Å². The normalized spacial score (nSPS) is 14.4. The lowest BCUT2D eigenvalue weighted by Gasteiger charge is -2.15. The Kier molecular flexibility index (Phi) is 6.40. The van der Waals surface area contributed by atoms with E-state index in [2.05, 4.69) is 4.90 Å².